The SMILES string of the molecule is COC(=O)C1=CC(O)=CC2=C(C#N)C(=N)N(c3ccc(OC)cc3)C12C. The molecule has 2 N–H and O–H groups in total. The first-order valence-electron chi connectivity index (χ1n) is 7.77. The lowest BCUT2D eigenvalue weighted by atomic mass is 9.79. The number of allylic oxidation sites excluding steroid dienone is 1. The fourth-order valence-electron chi connectivity index (χ4n) is 3.38. The maximum absolute atomic E-state index is 12.4. The van der Waals surface area contributed by atoms with Gasteiger partial charge >= 0.3 is 5.97 Å². The molecule has 7 heteroatoms. The van der Waals surface area contributed by atoms with Gasteiger partial charge in [0.1, 0.15) is 34.5 Å². The minimum absolute atomic E-state index is 0.0593. The lowest BCUT2D eigenvalue weighted by Crippen LogP contribution is -2.50. The molecular formula is C19H17N3O4. The molecule has 0 saturated carbocycles. The lowest BCUT2D eigenvalue weighted by molar-refractivity contribution is -0.136. The second-order valence-corrected chi connectivity index (χ2v) is 5.97. The number of amidine groups is 1. The van der Waals surface area contributed by atoms with Crippen molar-refractivity contribution in [2.75, 3.05) is 19.1 Å². The standard InChI is InChI=1S/C19H17N3O4/c1-19-15(8-12(23)9-16(19)18(24)26-3)14(10-20)17(21)22(19)11-4-6-13(25-2)7-5-11/h4-9,21,23H,1-3H3. The van der Waals surface area contributed by atoms with Gasteiger partial charge in [-0.2, -0.15) is 5.26 Å². The van der Waals surface area contributed by atoms with E-state index in [1.807, 2.05) is 6.07 Å². The molecule has 1 aliphatic heterocycles. The summed E-state index contributed by atoms with van der Waals surface area (Å²) in [6.07, 6.45) is 2.71. The van der Waals surface area contributed by atoms with Gasteiger partial charge in [0.05, 0.1) is 19.8 Å². The van der Waals surface area contributed by atoms with Crippen molar-refractivity contribution in [2.45, 2.75) is 12.5 Å². The fourth-order valence-corrected chi connectivity index (χ4v) is 3.38. The molecule has 7 nitrogen and oxygen atoms in total. The Morgan fingerprint density at radius 1 is 1.27 bits per heavy atom. The van der Waals surface area contributed by atoms with Crippen molar-refractivity contribution in [3.05, 3.63) is 58.9 Å². The Labute approximate surface area is 150 Å². The predicted molar refractivity (Wildman–Crippen MR) is 95.1 cm³/mol. The Kier molecular flexibility index (Phi) is 4.04. The van der Waals surface area contributed by atoms with Crippen molar-refractivity contribution in [1.82, 2.24) is 0 Å². The predicted octanol–water partition coefficient (Wildman–Crippen LogP) is 2.63. The number of anilines is 1. The maximum Gasteiger partial charge on any atom is 0.336 e. The van der Waals surface area contributed by atoms with Crippen LogP contribution in [0.15, 0.2) is 58.9 Å². The summed E-state index contributed by atoms with van der Waals surface area (Å²) in [5, 5.41) is 28.1. The van der Waals surface area contributed by atoms with Gasteiger partial charge in [-0.25, -0.2) is 4.79 Å². The number of nitrogens with zero attached hydrogens (tertiary/aromatic N) is 2. The molecule has 0 radical (unpaired) electrons. The van der Waals surface area contributed by atoms with E-state index in [-0.39, 0.29) is 22.7 Å². The molecule has 1 atom stereocenters. The molecule has 1 aromatic carbocycles. The van der Waals surface area contributed by atoms with Crippen molar-refractivity contribution in [3.8, 4) is 11.8 Å². The number of methoxy groups -OCH3 is 2. The number of rotatable bonds is 3. The molecule has 0 bridgehead atoms. The number of benzene rings is 1. The summed E-state index contributed by atoms with van der Waals surface area (Å²) in [7, 11) is 2.79. The molecule has 0 aromatic heterocycles. The third-order valence-electron chi connectivity index (χ3n) is 4.66. The van der Waals surface area contributed by atoms with E-state index in [9.17, 15) is 15.2 Å². The van der Waals surface area contributed by atoms with Gasteiger partial charge in [0.15, 0.2) is 0 Å². The molecule has 0 saturated heterocycles. The molecule has 0 fully saturated rings. The third kappa shape index (κ3) is 2.27. The van der Waals surface area contributed by atoms with E-state index in [2.05, 4.69) is 0 Å². The van der Waals surface area contributed by atoms with Crippen LogP contribution in [0.5, 0.6) is 5.75 Å². The first-order valence-corrected chi connectivity index (χ1v) is 7.77. The largest absolute Gasteiger partial charge is 0.508 e. The zero-order valence-corrected chi connectivity index (χ0v) is 14.5. The minimum Gasteiger partial charge on any atom is -0.508 e. The van der Waals surface area contributed by atoms with Gasteiger partial charge < -0.3 is 19.5 Å². The van der Waals surface area contributed by atoms with E-state index < -0.39 is 11.5 Å². The van der Waals surface area contributed by atoms with E-state index in [1.54, 1.807) is 43.2 Å². The summed E-state index contributed by atoms with van der Waals surface area (Å²) in [6, 6.07) is 8.95. The molecule has 132 valence electrons. The van der Waals surface area contributed by atoms with Gasteiger partial charge in [-0.05, 0) is 43.3 Å². The Bertz CT molecular complexity index is 935. The number of carbonyl (C=O) groups is 1. The molecule has 0 spiro atoms. The smallest absolute Gasteiger partial charge is 0.336 e. The van der Waals surface area contributed by atoms with Crippen LogP contribution in [-0.2, 0) is 9.53 Å². The zero-order valence-electron chi connectivity index (χ0n) is 14.5. The van der Waals surface area contributed by atoms with E-state index in [0.29, 0.717) is 17.0 Å². The van der Waals surface area contributed by atoms with Crippen LogP contribution in [0.1, 0.15) is 6.92 Å². The number of nitriles is 1. The van der Waals surface area contributed by atoms with E-state index in [4.69, 9.17) is 14.9 Å². The van der Waals surface area contributed by atoms with Crippen LogP contribution in [0.2, 0.25) is 0 Å². The molecular weight excluding hydrogens is 334 g/mol. The van der Waals surface area contributed by atoms with Crippen LogP contribution in [0.4, 0.5) is 5.69 Å². The van der Waals surface area contributed by atoms with E-state index in [0.717, 1.165) is 0 Å². The highest BCUT2D eigenvalue weighted by atomic mass is 16.5. The van der Waals surface area contributed by atoms with E-state index >= 15 is 0 Å². The van der Waals surface area contributed by atoms with Crippen molar-refractivity contribution in [1.29, 1.82) is 10.7 Å². The first-order chi connectivity index (χ1) is 12.4. The Hall–Kier alpha value is -3.53. The summed E-state index contributed by atoms with van der Waals surface area (Å²) >= 11 is 0. The molecule has 1 heterocycles. The Morgan fingerprint density at radius 3 is 2.46 bits per heavy atom. The van der Waals surface area contributed by atoms with Gasteiger partial charge in [0, 0.05) is 11.3 Å². The van der Waals surface area contributed by atoms with Crippen LogP contribution in [-0.4, -0.2) is 36.7 Å². The molecule has 0 amide bonds. The highest BCUT2D eigenvalue weighted by Crippen LogP contribution is 2.47. The number of ether oxygens (including phenoxy) is 2. The highest BCUT2D eigenvalue weighted by Gasteiger charge is 2.52. The quantitative estimate of drug-likeness (QED) is 0.811. The Balaban J connectivity index is 2.24. The molecule has 2 aliphatic rings. The van der Waals surface area contributed by atoms with Crippen LogP contribution in [0.3, 0.4) is 0 Å². The molecule has 3 rings (SSSR count). The topological polar surface area (TPSA) is 107 Å². The summed E-state index contributed by atoms with van der Waals surface area (Å²) in [5.74, 6) is -0.232. The van der Waals surface area contributed by atoms with Crippen molar-refractivity contribution < 1.29 is 19.4 Å². The number of esters is 1. The number of fused-ring (bicyclic) bond motifs is 1. The van der Waals surface area contributed by atoms with Crippen molar-refractivity contribution in [3.63, 3.8) is 0 Å². The Morgan fingerprint density at radius 2 is 1.92 bits per heavy atom. The minimum atomic E-state index is -1.16. The molecule has 1 aromatic rings. The molecule has 1 aliphatic carbocycles. The number of aliphatic hydroxyl groups is 1. The van der Waals surface area contributed by atoms with Gasteiger partial charge in [-0.3, -0.25) is 5.41 Å². The normalized spacial score (nSPS) is 21.6. The highest BCUT2D eigenvalue weighted by molar-refractivity contribution is 6.18. The van der Waals surface area contributed by atoms with Gasteiger partial charge in [-0.15, -0.1) is 0 Å². The summed E-state index contributed by atoms with van der Waals surface area (Å²) in [4.78, 5) is 14.0. The van der Waals surface area contributed by atoms with Crippen LogP contribution in [0, 0.1) is 16.7 Å². The van der Waals surface area contributed by atoms with Gasteiger partial charge in [0.25, 0.3) is 0 Å². The van der Waals surface area contributed by atoms with Crippen molar-refractivity contribution in [2.24, 2.45) is 0 Å². The van der Waals surface area contributed by atoms with Crippen LogP contribution >= 0.6 is 0 Å². The number of hydrogen-bond acceptors (Lipinski definition) is 6. The zero-order chi connectivity index (χ0) is 19.1. The molecule has 1 unspecified atom stereocenters. The number of carbonyl (C=O) groups excluding carboxylic acids is 1. The third-order valence-corrected chi connectivity index (χ3v) is 4.66. The van der Waals surface area contributed by atoms with Crippen molar-refractivity contribution >= 4 is 17.5 Å². The average molecular weight is 351 g/mol. The maximum atomic E-state index is 12.4. The average Bonchev–Trinajstić information content (AvgIpc) is 2.86. The monoisotopic (exact) mass is 351 g/mol. The van der Waals surface area contributed by atoms with Gasteiger partial charge in [-0.1, -0.05) is 0 Å². The fraction of sp³-hybridized carbons (Fsp3) is 0.211. The van der Waals surface area contributed by atoms with Crippen LogP contribution < -0.4 is 9.64 Å². The number of hydrogen-bond donors (Lipinski definition) is 2. The summed E-state index contributed by atoms with van der Waals surface area (Å²) in [5.41, 5.74) is 0.0489. The lowest BCUT2D eigenvalue weighted by Gasteiger charge is -2.40. The summed E-state index contributed by atoms with van der Waals surface area (Å²) < 4.78 is 10.0. The first kappa shape index (κ1) is 17.3. The second-order valence-electron chi connectivity index (χ2n) is 5.97. The summed E-state index contributed by atoms with van der Waals surface area (Å²) in [6.45, 7) is 1.72. The number of nitrogens with one attached hydrogen (secondary N) is 1. The second kappa shape index (κ2) is 6.08. The van der Waals surface area contributed by atoms with Crippen LogP contribution in [0.25, 0.3) is 0 Å². The molecule has 26 heavy (non-hydrogen) atoms. The van der Waals surface area contributed by atoms with E-state index in [1.165, 1.54) is 19.3 Å². The van der Waals surface area contributed by atoms with Gasteiger partial charge in [0.2, 0.25) is 0 Å². The number of aliphatic hydroxyl groups excluding tert-OH is 1.